The van der Waals surface area contributed by atoms with Gasteiger partial charge in [-0.1, -0.05) is 12.1 Å². The number of rotatable bonds is 5. The summed E-state index contributed by atoms with van der Waals surface area (Å²) in [5, 5.41) is 8.82. The van der Waals surface area contributed by atoms with Gasteiger partial charge in [0.1, 0.15) is 0 Å². The van der Waals surface area contributed by atoms with Crippen LogP contribution in [-0.4, -0.2) is 34.0 Å². The fraction of sp³-hybridized carbons (Fsp3) is 0.300. The predicted molar refractivity (Wildman–Crippen MR) is 56.7 cm³/mol. The minimum Gasteiger partial charge on any atom is -0.478 e. The third-order valence-corrected chi connectivity index (χ3v) is 3.28. The number of alkyl halides is 3. The van der Waals surface area contributed by atoms with Gasteiger partial charge in [0.15, 0.2) is 0 Å². The Hall–Kier alpha value is -1.41. The minimum atomic E-state index is -4.78. The van der Waals surface area contributed by atoms with Crippen LogP contribution in [0.15, 0.2) is 29.2 Å². The summed E-state index contributed by atoms with van der Waals surface area (Å²) in [5.74, 6) is -1.71. The highest BCUT2D eigenvalue weighted by Gasteiger charge is 2.29. The Morgan fingerprint density at radius 1 is 1.33 bits per heavy atom. The number of carboxylic acid groups (broad SMARTS) is 1. The van der Waals surface area contributed by atoms with Crippen LogP contribution >= 0.6 is 0 Å². The van der Waals surface area contributed by atoms with Crippen molar-refractivity contribution in [2.75, 3.05) is 12.4 Å². The second-order valence-corrected chi connectivity index (χ2v) is 4.68. The van der Waals surface area contributed by atoms with Crippen molar-refractivity contribution >= 4 is 16.8 Å². The average Bonchev–Trinajstić information content (AvgIpc) is 2.27. The molecule has 1 aromatic carbocycles. The van der Waals surface area contributed by atoms with Crippen molar-refractivity contribution in [3.05, 3.63) is 29.8 Å². The van der Waals surface area contributed by atoms with Crippen molar-refractivity contribution in [3.8, 4) is 0 Å². The minimum absolute atomic E-state index is 0.0178. The number of halogens is 3. The van der Waals surface area contributed by atoms with Crippen LogP contribution in [0.4, 0.5) is 13.2 Å². The van der Waals surface area contributed by atoms with Crippen molar-refractivity contribution in [3.63, 3.8) is 0 Å². The van der Waals surface area contributed by atoms with E-state index in [2.05, 4.69) is 4.74 Å². The molecule has 0 fully saturated rings. The van der Waals surface area contributed by atoms with Gasteiger partial charge >= 0.3 is 12.3 Å². The van der Waals surface area contributed by atoms with Gasteiger partial charge in [-0.25, -0.2) is 4.79 Å². The highest BCUT2D eigenvalue weighted by Crippen LogP contribution is 2.17. The zero-order chi connectivity index (χ0) is 13.8. The molecule has 0 heterocycles. The molecule has 0 amide bonds. The monoisotopic (exact) mass is 282 g/mol. The molecule has 0 spiro atoms. The van der Waals surface area contributed by atoms with Crippen LogP contribution in [-0.2, 0) is 15.5 Å². The lowest BCUT2D eigenvalue weighted by molar-refractivity contribution is -0.322. The standard InChI is InChI=1S/C10H9F3O4S/c11-10(12,13)17-5-6-18(16)8-4-2-1-3-7(8)9(14)15/h1-4H,5-6H2,(H,14,15). The number of hydrogen-bond acceptors (Lipinski definition) is 3. The zero-order valence-electron chi connectivity index (χ0n) is 8.94. The van der Waals surface area contributed by atoms with Gasteiger partial charge in [0.2, 0.25) is 0 Å². The molecule has 1 atom stereocenters. The molecule has 0 saturated heterocycles. The molecule has 0 aromatic heterocycles. The van der Waals surface area contributed by atoms with Crippen LogP contribution in [0.5, 0.6) is 0 Å². The Labute approximate surface area is 103 Å². The number of ether oxygens (including phenoxy) is 1. The van der Waals surface area contributed by atoms with Gasteiger partial charge in [0.25, 0.3) is 0 Å². The third kappa shape index (κ3) is 4.46. The fourth-order valence-corrected chi connectivity index (χ4v) is 2.27. The lowest BCUT2D eigenvalue weighted by Gasteiger charge is -2.08. The van der Waals surface area contributed by atoms with Gasteiger partial charge in [0.05, 0.1) is 33.6 Å². The summed E-state index contributed by atoms with van der Waals surface area (Å²) >= 11 is 0. The number of carbonyl (C=O) groups is 1. The van der Waals surface area contributed by atoms with E-state index in [4.69, 9.17) is 5.11 Å². The van der Waals surface area contributed by atoms with Crippen molar-refractivity contribution in [1.29, 1.82) is 0 Å². The molecule has 0 radical (unpaired) electrons. The van der Waals surface area contributed by atoms with Crippen molar-refractivity contribution < 1.29 is 32.0 Å². The third-order valence-electron chi connectivity index (χ3n) is 1.90. The first-order valence-corrected chi connectivity index (χ1v) is 6.04. The highest BCUT2D eigenvalue weighted by molar-refractivity contribution is 7.85. The van der Waals surface area contributed by atoms with Crippen LogP contribution in [0.2, 0.25) is 0 Å². The SMILES string of the molecule is O=C(O)c1ccccc1S(=O)CCOC(F)(F)F. The first-order chi connectivity index (χ1) is 8.31. The number of carboxylic acids is 1. The Kier molecular flexibility index (Phi) is 4.85. The van der Waals surface area contributed by atoms with Gasteiger partial charge < -0.3 is 5.11 Å². The summed E-state index contributed by atoms with van der Waals surface area (Å²) in [6, 6.07) is 5.44. The summed E-state index contributed by atoms with van der Waals surface area (Å²) in [7, 11) is -1.86. The molecule has 1 aromatic rings. The molecule has 0 aliphatic heterocycles. The Morgan fingerprint density at radius 3 is 2.50 bits per heavy atom. The van der Waals surface area contributed by atoms with Gasteiger partial charge in [0, 0.05) is 0 Å². The molecular weight excluding hydrogens is 273 g/mol. The zero-order valence-corrected chi connectivity index (χ0v) is 9.75. The van der Waals surface area contributed by atoms with E-state index in [1.807, 2.05) is 0 Å². The van der Waals surface area contributed by atoms with Crippen LogP contribution in [0.25, 0.3) is 0 Å². The summed E-state index contributed by atoms with van der Waals surface area (Å²) in [6.45, 7) is -0.788. The maximum atomic E-state index is 11.7. The summed E-state index contributed by atoms with van der Waals surface area (Å²) < 4.78 is 50.2. The Balaban J connectivity index is 2.70. The number of aromatic carboxylic acids is 1. The summed E-state index contributed by atoms with van der Waals surface area (Å²) in [6.07, 6.45) is -4.78. The molecule has 4 nitrogen and oxygen atoms in total. The molecule has 18 heavy (non-hydrogen) atoms. The molecule has 1 N–H and O–H groups in total. The first kappa shape index (κ1) is 14.7. The van der Waals surface area contributed by atoms with Crippen molar-refractivity contribution in [2.24, 2.45) is 0 Å². The van der Waals surface area contributed by atoms with Gasteiger partial charge in [-0.2, -0.15) is 0 Å². The van der Waals surface area contributed by atoms with E-state index in [1.54, 1.807) is 0 Å². The number of benzene rings is 1. The van der Waals surface area contributed by atoms with Crippen LogP contribution in [0.3, 0.4) is 0 Å². The molecule has 0 bridgehead atoms. The molecule has 0 saturated carbocycles. The number of hydrogen-bond donors (Lipinski definition) is 1. The van der Waals surface area contributed by atoms with E-state index in [1.165, 1.54) is 24.3 Å². The van der Waals surface area contributed by atoms with Crippen molar-refractivity contribution in [2.45, 2.75) is 11.3 Å². The largest absolute Gasteiger partial charge is 0.522 e. The first-order valence-electron chi connectivity index (χ1n) is 4.72. The quantitative estimate of drug-likeness (QED) is 0.897. The fourth-order valence-electron chi connectivity index (χ4n) is 1.18. The second-order valence-electron chi connectivity index (χ2n) is 3.15. The molecule has 0 aliphatic rings. The van der Waals surface area contributed by atoms with Crippen LogP contribution in [0.1, 0.15) is 10.4 Å². The van der Waals surface area contributed by atoms with Crippen molar-refractivity contribution in [1.82, 2.24) is 0 Å². The Morgan fingerprint density at radius 2 is 1.94 bits per heavy atom. The van der Waals surface area contributed by atoms with Crippen LogP contribution in [0, 0.1) is 0 Å². The molecule has 100 valence electrons. The maximum absolute atomic E-state index is 11.7. The Bertz CT molecular complexity index is 459. The average molecular weight is 282 g/mol. The predicted octanol–water partition coefficient (Wildman–Crippen LogP) is 2.03. The topological polar surface area (TPSA) is 63.6 Å². The summed E-state index contributed by atoms with van der Waals surface area (Å²) in [5.41, 5.74) is -0.192. The lowest BCUT2D eigenvalue weighted by atomic mass is 10.2. The lowest BCUT2D eigenvalue weighted by Crippen LogP contribution is -2.18. The van der Waals surface area contributed by atoms with E-state index < -0.39 is 35.5 Å². The smallest absolute Gasteiger partial charge is 0.478 e. The highest BCUT2D eigenvalue weighted by atomic mass is 32.2. The molecular formula is C10H9F3O4S. The van der Waals surface area contributed by atoms with E-state index >= 15 is 0 Å². The second kappa shape index (κ2) is 5.96. The van der Waals surface area contributed by atoms with Gasteiger partial charge in [-0.15, -0.1) is 13.2 Å². The molecule has 1 rings (SSSR count). The van der Waals surface area contributed by atoms with E-state index in [-0.39, 0.29) is 10.5 Å². The van der Waals surface area contributed by atoms with Crippen LogP contribution < -0.4 is 0 Å². The molecule has 1 unspecified atom stereocenters. The molecule has 8 heteroatoms. The van der Waals surface area contributed by atoms with E-state index in [0.29, 0.717) is 0 Å². The maximum Gasteiger partial charge on any atom is 0.522 e. The normalized spacial score (nSPS) is 13.3. The van der Waals surface area contributed by atoms with E-state index in [9.17, 15) is 22.2 Å². The van der Waals surface area contributed by atoms with Gasteiger partial charge in [-0.05, 0) is 12.1 Å². The van der Waals surface area contributed by atoms with E-state index in [0.717, 1.165) is 0 Å². The van der Waals surface area contributed by atoms with Gasteiger partial charge in [-0.3, -0.25) is 8.95 Å². The molecule has 0 aliphatic carbocycles. The summed E-state index contributed by atoms with van der Waals surface area (Å²) in [4.78, 5) is 10.8.